The van der Waals surface area contributed by atoms with Crippen molar-refractivity contribution in [2.75, 3.05) is 11.9 Å². The highest BCUT2D eigenvalue weighted by atomic mass is 19.1. The lowest BCUT2D eigenvalue weighted by molar-refractivity contribution is -0.116. The molecule has 1 amide bonds. The lowest BCUT2D eigenvalue weighted by Gasteiger charge is -2.06. The van der Waals surface area contributed by atoms with Crippen LogP contribution in [0.3, 0.4) is 0 Å². The summed E-state index contributed by atoms with van der Waals surface area (Å²) in [4.78, 5) is 11.2. The van der Waals surface area contributed by atoms with Crippen molar-refractivity contribution >= 4 is 11.6 Å². The van der Waals surface area contributed by atoms with E-state index in [4.69, 9.17) is 11.0 Å². The Bertz CT molecular complexity index is 412. The van der Waals surface area contributed by atoms with Gasteiger partial charge in [-0.2, -0.15) is 5.26 Å². The molecule has 0 saturated carbocycles. The maximum absolute atomic E-state index is 13.1. The highest BCUT2D eigenvalue weighted by Gasteiger charge is 2.09. The van der Waals surface area contributed by atoms with E-state index < -0.39 is 5.82 Å². The Labute approximate surface area is 86.5 Å². The molecule has 78 valence electrons. The number of amides is 1. The number of hydrogen-bond acceptors (Lipinski definition) is 3. The van der Waals surface area contributed by atoms with Crippen LogP contribution in [0.4, 0.5) is 10.1 Å². The van der Waals surface area contributed by atoms with E-state index in [-0.39, 0.29) is 30.1 Å². The monoisotopic (exact) mass is 207 g/mol. The fraction of sp³-hybridized carbons (Fsp3) is 0.200. The Hall–Kier alpha value is -1.93. The molecular weight excluding hydrogens is 197 g/mol. The van der Waals surface area contributed by atoms with Gasteiger partial charge in [-0.25, -0.2) is 4.39 Å². The molecule has 0 aliphatic rings. The van der Waals surface area contributed by atoms with Gasteiger partial charge in [0.25, 0.3) is 0 Å². The van der Waals surface area contributed by atoms with Crippen LogP contribution < -0.4 is 11.1 Å². The third-order valence-electron chi connectivity index (χ3n) is 1.77. The third kappa shape index (κ3) is 2.76. The van der Waals surface area contributed by atoms with Gasteiger partial charge in [0, 0.05) is 13.0 Å². The number of hydrogen-bond donors (Lipinski definition) is 2. The number of nitrogens with zero attached hydrogens (tertiary/aromatic N) is 1. The first-order valence-corrected chi connectivity index (χ1v) is 4.37. The highest BCUT2D eigenvalue weighted by Crippen LogP contribution is 2.17. The molecule has 0 aliphatic heterocycles. The molecule has 4 nitrogen and oxygen atoms in total. The molecular formula is C10H10FN3O. The Morgan fingerprint density at radius 1 is 1.60 bits per heavy atom. The van der Waals surface area contributed by atoms with Gasteiger partial charge in [0.15, 0.2) is 0 Å². The maximum Gasteiger partial charge on any atom is 0.225 e. The first-order chi connectivity index (χ1) is 7.19. The molecule has 1 aromatic rings. The van der Waals surface area contributed by atoms with Crippen LogP contribution >= 0.6 is 0 Å². The number of carbonyl (C=O) groups is 1. The molecule has 0 saturated heterocycles. The molecule has 0 aliphatic carbocycles. The third-order valence-corrected chi connectivity index (χ3v) is 1.77. The van der Waals surface area contributed by atoms with Crippen LogP contribution in [0.5, 0.6) is 0 Å². The van der Waals surface area contributed by atoms with Crippen molar-refractivity contribution in [3.63, 3.8) is 0 Å². The zero-order valence-electron chi connectivity index (χ0n) is 7.96. The van der Waals surface area contributed by atoms with E-state index >= 15 is 0 Å². The summed E-state index contributed by atoms with van der Waals surface area (Å²) in [6.45, 7) is 0.211. The van der Waals surface area contributed by atoms with E-state index in [1.165, 1.54) is 12.1 Å². The Morgan fingerprint density at radius 2 is 2.33 bits per heavy atom. The molecule has 15 heavy (non-hydrogen) atoms. The first kappa shape index (κ1) is 11.1. The molecule has 0 aromatic heterocycles. The number of nitrogens with two attached hydrogens (primary N) is 1. The lowest BCUT2D eigenvalue weighted by atomic mass is 10.2. The van der Waals surface area contributed by atoms with Crippen molar-refractivity contribution < 1.29 is 9.18 Å². The molecule has 0 bridgehead atoms. The predicted molar refractivity (Wildman–Crippen MR) is 53.4 cm³/mol. The SMILES string of the molecule is N#Cc1c(F)cccc1NC(=O)CCN. The Morgan fingerprint density at radius 3 is 2.93 bits per heavy atom. The van der Waals surface area contributed by atoms with Crippen molar-refractivity contribution in [1.82, 2.24) is 0 Å². The van der Waals surface area contributed by atoms with Gasteiger partial charge < -0.3 is 11.1 Å². The quantitative estimate of drug-likeness (QED) is 0.775. The summed E-state index contributed by atoms with van der Waals surface area (Å²) in [5, 5.41) is 11.1. The first-order valence-electron chi connectivity index (χ1n) is 4.37. The number of carbonyl (C=O) groups excluding carboxylic acids is 1. The zero-order valence-corrected chi connectivity index (χ0v) is 7.96. The molecule has 0 radical (unpaired) electrons. The fourth-order valence-corrected chi connectivity index (χ4v) is 1.09. The van der Waals surface area contributed by atoms with E-state index in [0.717, 1.165) is 6.07 Å². The van der Waals surface area contributed by atoms with Crippen LogP contribution in [0.15, 0.2) is 18.2 Å². The van der Waals surface area contributed by atoms with E-state index in [0.29, 0.717) is 0 Å². The number of halogens is 1. The van der Waals surface area contributed by atoms with Gasteiger partial charge in [0.1, 0.15) is 17.4 Å². The molecule has 1 aromatic carbocycles. The number of rotatable bonds is 3. The Balaban J connectivity index is 2.91. The minimum absolute atomic E-state index is 0.140. The van der Waals surface area contributed by atoms with Crippen LogP contribution in [-0.4, -0.2) is 12.5 Å². The topological polar surface area (TPSA) is 78.9 Å². The van der Waals surface area contributed by atoms with E-state index in [1.807, 2.05) is 0 Å². The second-order valence-electron chi connectivity index (χ2n) is 2.86. The summed E-state index contributed by atoms with van der Waals surface area (Å²) in [6, 6.07) is 5.75. The molecule has 3 N–H and O–H groups in total. The van der Waals surface area contributed by atoms with E-state index in [9.17, 15) is 9.18 Å². The van der Waals surface area contributed by atoms with Crippen molar-refractivity contribution in [3.8, 4) is 6.07 Å². The second kappa shape index (κ2) is 5.08. The van der Waals surface area contributed by atoms with Crippen LogP contribution in [0, 0.1) is 17.1 Å². The van der Waals surface area contributed by atoms with Crippen molar-refractivity contribution in [2.24, 2.45) is 5.73 Å². The van der Waals surface area contributed by atoms with Crippen LogP contribution in [0.25, 0.3) is 0 Å². The molecule has 0 heterocycles. The maximum atomic E-state index is 13.1. The molecule has 1 rings (SSSR count). The van der Waals surface area contributed by atoms with Crippen LogP contribution in [-0.2, 0) is 4.79 Å². The summed E-state index contributed by atoms with van der Waals surface area (Å²) in [5.74, 6) is -0.984. The largest absolute Gasteiger partial charge is 0.330 e. The second-order valence-corrected chi connectivity index (χ2v) is 2.86. The number of nitrogens with one attached hydrogen (secondary N) is 1. The predicted octanol–water partition coefficient (Wildman–Crippen LogP) is 0.985. The van der Waals surface area contributed by atoms with Gasteiger partial charge in [-0.05, 0) is 12.1 Å². The summed E-state index contributed by atoms with van der Waals surface area (Å²) in [7, 11) is 0. The number of anilines is 1. The average Bonchev–Trinajstić information content (AvgIpc) is 2.18. The van der Waals surface area contributed by atoms with E-state index in [1.54, 1.807) is 6.07 Å². The van der Waals surface area contributed by atoms with Crippen molar-refractivity contribution in [1.29, 1.82) is 5.26 Å². The van der Waals surface area contributed by atoms with Crippen molar-refractivity contribution in [3.05, 3.63) is 29.6 Å². The normalized spacial score (nSPS) is 9.40. The molecule has 0 unspecified atom stereocenters. The molecule has 0 fully saturated rings. The molecule has 5 heteroatoms. The van der Waals surface area contributed by atoms with Gasteiger partial charge in [-0.3, -0.25) is 4.79 Å². The minimum atomic E-state index is -0.650. The summed E-state index contributed by atoms with van der Waals surface area (Å²) >= 11 is 0. The van der Waals surface area contributed by atoms with Gasteiger partial charge in [-0.1, -0.05) is 6.07 Å². The van der Waals surface area contributed by atoms with Gasteiger partial charge >= 0.3 is 0 Å². The number of benzene rings is 1. The van der Waals surface area contributed by atoms with E-state index in [2.05, 4.69) is 5.32 Å². The van der Waals surface area contributed by atoms with Gasteiger partial charge in [0.2, 0.25) is 5.91 Å². The zero-order chi connectivity index (χ0) is 11.3. The standard InChI is InChI=1S/C10H10FN3O/c11-8-2-1-3-9(7(8)6-13)14-10(15)4-5-12/h1-3H,4-5,12H2,(H,14,15). The lowest BCUT2D eigenvalue weighted by Crippen LogP contribution is -2.17. The molecule has 0 atom stereocenters. The van der Waals surface area contributed by atoms with Crippen molar-refractivity contribution in [2.45, 2.75) is 6.42 Å². The fourth-order valence-electron chi connectivity index (χ4n) is 1.09. The summed E-state index contributed by atoms with van der Waals surface area (Å²) in [5.41, 5.74) is 5.20. The smallest absolute Gasteiger partial charge is 0.225 e. The average molecular weight is 207 g/mol. The highest BCUT2D eigenvalue weighted by molar-refractivity contribution is 5.92. The summed E-state index contributed by atoms with van der Waals surface area (Å²) in [6.07, 6.45) is 0.140. The minimum Gasteiger partial charge on any atom is -0.330 e. The number of nitriles is 1. The van der Waals surface area contributed by atoms with Gasteiger partial charge in [0.05, 0.1) is 5.69 Å². The summed E-state index contributed by atoms with van der Waals surface area (Å²) < 4.78 is 13.1. The van der Waals surface area contributed by atoms with Crippen LogP contribution in [0.1, 0.15) is 12.0 Å². The van der Waals surface area contributed by atoms with Crippen LogP contribution in [0.2, 0.25) is 0 Å². The Kier molecular flexibility index (Phi) is 3.77. The molecule has 0 spiro atoms. The van der Waals surface area contributed by atoms with Gasteiger partial charge in [-0.15, -0.1) is 0 Å².